The summed E-state index contributed by atoms with van der Waals surface area (Å²) in [5, 5.41) is 8.66. The van der Waals surface area contributed by atoms with E-state index in [1.807, 2.05) is 17.5 Å². The molecule has 3 heterocycles. The van der Waals surface area contributed by atoms with E-state index in [0.717, 1.165) is 5.56 Å². The van der Waals surface area contributed by atoms with Crippen molar-refractivity contribution in [2.45, 2.75) is 13.0 Å². The van der Waals surface area contributed by atoms with Crippen LogP contribution < -0.4 is 14.8 Å². The number of hydrogen-bond donors (Lipinski definition) is 1. The van der Waals surface area contributed by atoms with Crippen LogP contribution in [0.5, 0.6) is 11.5 Å². The minimum Gasteiger partial charge on any atom is -0.454 e. The molecular weight excluding hydrogens is 330 g/mol. The van der Waals surface area contributed by atoms with Crippen molar-refractivity contribution in [1.82, 2.24) is 15.5 Å². The number of aromatic nitrogens is 2. The van der Waals surface area contributed by atoms with E-state index in [9.17, 15) is 4.79 Å². The van der Waals surface area contributed by atoms with Crippen molar-refractivity contribution in [1.29, 1.82) is 0 Å². The summed E-state index contributed by atoms with van der Waals surface area (Å²) in [6.07, 6.45) is 0. The second kappa shape index (κ2) is 5.97. The van der Waals surface area contributed by atoms with Gasteiger partial charge in [-0.3, -0.25) is 4.79 Å². The van der Waals surface area contributed by atoms with Gasteiger partial charge in [-0.1, -0.05) is 11.2 Å². The number of benzene rings is 1. The van der Waals surface area contributed by atoms with Crippen LogP contribution in [0.1, 0.15) is 28.5 Å². The van der Waals surface area contributed by atoms with E-state index in [1.54, 1.807) is 25.1 Å². The smallest absolute Gasteiger partial charge is 0.261 e. The minimum absolute atomic E-state index is 0.166. The molecule has 0 aliphatic carbocycles. The summed E-state index contributed by atoms with van der Waals surface area (Å²) in [5.41, 5.74) is 0.756. The summed E-state index contributed by atoms with van der Waals surface area (Å²) in [6.45, 7) is 2.00. The molecule has 1 aliphatic rings. The van der Waals surface area contributed by atoms with Gasteiger partial charge in [0, 0.05) is 5.56 Å². The summed E-state index contributed by atoms with van der Waals surface area (Å²) in [5.74, 6) is 1.95. The molecule has 24 heavy (non-hydrogen) atoms. The second-order valence-corrected chi connectivity index (χ2v) is 6.14. The highest BCUT2D eigenvalue weighted by atomic mass is 32.1. The van der Waals surface area contributed by atoms with Gasteiger partial charge in [-0.05, 0) is 36.6 Å². The first-order valence-electron chi connectivity index (χ1n) is 7.29. The van der Waals surface area contributed by atoms with E-state index in [4.69, 9.17) is 14.0 Å². The molecule has 122 valence electrons. The van der Waals surface area contributed by atoms with Crippen LogP contribution in [0, 0.1) is 0 Å². The number of hydrogen-bond acceptors (Lipinski definition) is 7. The molecular formula is C16H13N3O4S. The highest BCUT2D eigenvalue weighted by molar-refractivity contribution is 7.12. The molecule has 0 saturated carbocycles. The zero-order valence-electron chi connectivity index (χ0n) is 12.7. The molecule has 8 heteroatoms. The van der Waals surface area contributed by atoms with E-state index >= 15 is 0 Å². The highest BCUT2D eigenvalue weighted by Gasteiger charge is 2.20. The summed E-state index contributed by atoms with van der Waals surface area (Å²) in [4.78, 5) is 17.1. The standard InChI is InChI=1S/C16H13N3O4S/c1-9(17-15(20)13-3-2-6-24-13)16-18-14(19-23-16)10-4-5-11-12(7-10)22-8-21-11/h2-7,9H,8H2,1H3,(H,17,20)/t9-/m0/s1. The van der Waals surface area contributed by atoms with E-state index in [1.165, 1.54) is 11.3 Å². The molecule has 2 aromatic heterocycles. The Morgan fingerprint density at radius 3 is 3.00 bits per heavy atom. The van der Waals surface area contributed by atoms with Crippen LogP contribution in [0.3, 0.4) is 0 Å². The molecule has 4 rings (SSSR count). The average molecular weight is 343 g/mol. The Bertz CT molecular complexity index is 875. The molecule has 0 radical (unpaired) electrons. The van der Waals surface area contributed by atoms with Gasteiger partial charge in [0.25, 0.3) is 5.91 Å². The van der Waals surface area contributed by atoms with Crippen molar-refractivity contribution < 1.29 is 18.8 Å². The number of amides is 1. The van der Waals surface area contributed by atoms with Gasteiger partial charge in [-0.25, -0.2) is 0 Å². The van der Waals surface area contributed by atoms with Crippen molar-refractivity contribution in [2.24, 2.45) is 0 Å². The lowest BCUT2D eigenvalue weighted by atomic mass is 10.2. The number of nitrogens with one attached hydrogen (secondary N) is 1. The van der Waals surface area contributed by atoms with Gasteiger partial charge >= 0.3 is 0 Å². The predicted octanol–water partition coefficient (Wildman–Crippen LogP) is 3.02. The Hall–Kier alpha value is -2.87. The number of carbonyl (C=O) groups excluding carboxylic acids is 1. The van der Waals surface area contributed by atoms with Crippen molar-refractivity contribution in [2.75, 3.05) is 6.79 Å². The molecule has 1 atom stereocenters. The van der Waals surface area contributed by atoms with Gasteiger partial charge in [-0.15, -0.1) is 11.3 Å². The Labute approximate surface area is 141 Å². The first-order valence-corrected chi connectivity index (χ1v) is 8.16. The van der Waals surface area contributed by atoms with Crippen LogP contribution in [-0.2, 0) is 0 Å². The maximum atomic E-state index is 12.1. The first-order chi connectivity index (χ1) is 11.7. The molecule has 3 aromatic rings. The molecule has 1 amide bonds. The van der Waals surface area contributed by atoms with Gasteiger partial charge in [0.05, 0.1) is 4.88 Å². The van der Waals surface area contributed by atoms with Crippen LogP contribution in [0.25, 0.3) is 11.4 Å². The number of nitrogens with zero attached hydrogens (tertiary/aromatic N) is 2. The van der Waals surface area contributed by atoms with E-state index in [2.05, 4.69) is 15.5 Å². The average Bonchev–Trinajstić information content (AvgIpc) is 3.33. The molecule has 0 spiro atoms. The van der Waals surface area contributed by atoms with Crippen LogP contribution in [0.2, 0.25) is 0 Å². The third-order valence-corrected chi connectivity index (χ3v) is 4.40. The van der Waals surface area contributed by atoms with E-state index < -0.39 is 6.04 Å². The highest BCUT2D eigenvalue weighted by Crippen LogP contribution is 2.35. The fourth-order valence-corrected chi connectivity index (χ4v) is 2.93. The first kappa shape index (κ1) is 14.7. The number of carbonyl (C=O) groups is 1. The van der Waals surface area contributed by atoms with E-state index in [-0.39, 0.29) is 12.7 Å². The van der Waals surface area contributed by atoms with Crippen LogP contribution >= 0.6 is 11.3 Å². The normalized spacial score (nSPS) is 13.7. The summed E-state index contributed by atoms with van der Waals surface area (Å²) in [6, 6.07) is 8.63. The summed E-state index contributed by atoms with van der Waals surface area (Å²) < 4.78 is 15.9. The SMILES string of the molecule is C[C@H](NC(=O)c1cccs1)c1nc(-c2ccc3c(c2)OCO3)no1. The van der Waals surface area contributed by atoms with Crippen LogP contribution in [0.4, 0.5) is 0 Å². The maximum absolute atomic E-state index is 12.1. The lowest BCUT2D eigenvalue weighted by molar-refractivity contribution is 0.0936. The van der Waals surface area contributed by atoms with Crippen molar-refractivity contribution in [3.63, 3.8) is 0 Å². The monoisotopic (exact) mass is 343 g/mol. The lowest BCUT2D eigenvalue weighted by Crippen LogP contribution is -2.26. The molecule has 0 fully saturated rings. The maximum Gasteiger partial charge on any atom is 0.261 e. The summed E-state index contributed by atoms with van der Waals surface area (Å²) >= 11 is 1.38. The largest absolute Gasteiger partial charge is 0.454 e. The van der Waals surface area contributed by atoms with Crippen LogP contribution in [0.15, 0.2) is 40.2 Å². The Morgan fingerprint density at radius 2 is 2.17 bits per heavy atom. The summed E-state index contributed by atoms with van der Waals surface area (Å²) in [7, 11) is 0. The topological polar surface area (TPSA) is 86.5 Å². The van der Waals surface area contributed by atoms with Crippen molar-refractivity contribution in [3.8, 4) is 22.9 Å². The Kier molecular flexibility index (Phi) is 3.66. The van der Waals surface area contributed by atoms with Crippen molar-refractivity contribution >= 4 is 17.2 Å². The van der Waals surface area contributed by atoms with Gasteiger partial charge < -0.3 is 19.3 Å². The number of fused-ring (bicyclic) bond motifs is 1. The molecule has 0 bridgehead atoms. The van der Waals surface area contributed by atoms with Gasteiger partial charge in [0.1, 0.15) is 6.04 Å². The van der Waals surface area contributed by atoms with Gasteiger partial charge in [-0.2, -0.15) is 4.98 Å². The number of rotatable bonds is 4. The second-order valence-electron chi connectivity index (χ2n) is 5.20. The third-order valence-electron chi connectivity index (χ3n) is 3.54. The number of thiophene rings is 1. The van der Waals surface area contributed by atoms with E-state index in [0.29, 0.717) is 28.1 Å². The molecule has 0 saturated heterocycles. The Balaban J connectivity index is 1.51. The zero-order chi connectivity index (χ0) is 16.5. The van der Waals surface area contributed by atoms with Crippen molar-refractivity contribution in [3.05, 3.63) is 46.5 Å². The zero-order valence-corrected chi connectivity index (χ0v) is 13.5. The minimum atomic E-state index is -0.394. The molecule has 0 unspecified atom stereocenters. The Morgan fingerprint density at radius 1 is 1.29 bits per heavy atom. The third kappa shape index (κ3) is 2.71. The molecule has 1 N–H and O–H groups in total. The van der Waals surface area contributed by atoms with Gasteiger partial charge in [0.15, 0.2) is 11.5 Å². The number of ether oxygens (including phenoxy) is 2. The molecule has 7 nitrogen and oxygen atoms in total. The lowest BCUT2D eigenvalue weighted by Gasteiger charge is -2.07. The predicted molar refractivity (Wildman–Crippen MR) is 86.1 cm³/mol. The van der Waals surface area contributed by atoms with Crippen LogP contribution in [-0.4, -0.2) is 22.8 Å². The fourth-order valence-electron chi connectivity index (χ4n) is 2.30. The quantitative estimate of drug-likeness (QED) is 0.783. The fraction of sp³-hybridized carbons (Fsp3) is 0.188. The molecule has 1 aromatic carbocycles. The molecule has 1 aliphatic heterocycles. The van der Waals surface area contributed by atoms with Gasteiger partial charge in [0.2, 0.25) is 18.5 Å².